The van der Waals surface area contributed by atoms with Crippen LogP contribution in [0.15, 0.2) is 24.7 Å². The van der Waals surface area contributed by atoms with Crippen LogP contribution in [-0.4, -0.2) is 27.0 Å². The SMILES string of the molecule is CC(C)C(=O)Nc1cn(-c2cncc(F)c2)nc1C=O. The van der Waals surface area contributed by atoms with Gasteiger partial charge in [-0.25, -0.2) is 9.07 Å². The van der Waals surface area contributed by atoms with Gasteiger partial charge in [0.05, 0.1) is 30.0 Å². The third-order valence-electron chi connectivity index (χ3n) is 2.59. The van der Waals surface area contributed by atoms with Crippen LogP contribution in [-0.2, 0) is 4.79 Å². The van der Waals surface area contributed by atoms with Crippen LogP contribution in [0.5, 0.6) is 0 Å². The van der Waals surface area contributed by atoms with Crippen LogP contribution in [0.4, 0.5) is 10.1 Å². The lowest BCUT2D eigenvalue weighted by Crippen LogP contribution is -2.18. The molecule has 0 saturated heterocycles. The molecule has 6 nitrogen and oxygen atoms in total. The fourth-order valence-electron chi connectivity index (χ4n) is 1.51. The van der Waals surface area contributed by atoms with Gasteiger partial charge in [0.15, 0.2) is 6.29 Å². The average Bonchev–Trinajstić information content (AvgIpc) is 2.81. The van der Waals surface area contributed by atoms with Gasteiger partial charge in [-0.05, 0) is 0 Å². The molecule has 1 N–H and O–H groups in total. The van der Waals surface area contributed by atoms with Crippen LogP contribution in [0, 0.1) is 11.7 Å². The molecule has 2 rings (SSSR count). The Kier molecular flexibility index (Phi) is 3.88. The van der Waals surface area contributed by atoms with Gasteiger partial charge in [-0.1, -0.05) is 13.8 Å². The third kappa shape index (κ3) is 2.87. The molecule has 0 bridgehead atoms. The number of hydrogen-bond acceptors (Lipinski definition) is 4. The fraction of sp³-hybridized carbons (Fsp3) is 0.231. The number of carbonyl (C=O) groups excluding carboxylic acids is 2. The van der Waals surface area contributed by atoms with Gasteiger partial charge in [-0.3, -0.25) is 14.6 Å². The van der Waals surface area contributed by atoms with Gasteiger partial charge in [0, 0.05) is 12.0 Å². The van der Waals surface area contributed by atoms with E-state index in [9.17, 15) is 14.0 Å². The van der Waals surface area contributed by atoms with E-state index in [1.54, 1.807) is 13.8 Å². The van der Waals surface area contributed by atoms with Crippen LogP contribution in [0.25, 0.3) is 5.69 Å². The summed E-state index contributed by atoms with van der Waals surface area (Å²) in [6.07, 6.45) is 4.44. The summed E-state index contributed by atoms with van der Waals surface area (Å²) in [6.45, 7) is 3.47. The Morgan fingerprint density at radius 2 is 2.20 bits per heavy atom. The normalized spacial score (nSPS) is 10.6. The summed E-state index contributed by atoms with van der Waals surface area (Å²) in [5.74, 6) is -0.975. The number of rotatable bonds is 4. The summed E-state index contributed by atoms with van der Waals surface area (Å²) in [5, 5.41) is 6.58. The Morgan fingerprint density at radius 1 is 1.45 bits per heavy atom. The first-order chi connectivity index (χ1) is 9.51. The van der Waals surface area contributed by atoms with Crippen molar-refractivity contribution in [3.05, 3.63) is 36.2 Å². The number of anilines is 1. The first-order valence-electron chi connectivity index (χ1n) is 5.98. The van der Waals surface area contributed by atoms with E-state index in [4.69, 9.17) is 0 Å². The van der Waals surface area contributed by atoms with Crippen molar-refractivity contribution in [3.63, 3.8) is 0 Å². The van der Waals surface area contributed by atoms with E-state index >= 15 is 0 Å². The van der Waals surface area contributed by atoms with Gasteiger partial charge in [-0.15, -0.1) is 0 Å². The Hall–Kier alpha value is -2.57. The molecule has 0 aliphatic heterocycles. The van der Waals surface area contributed by atoms with E-state index in [1.165, 1.54) is 23.1 Å². The molecule has 0 radical (unpaired) electrons. The molecule has 0 saturated carbocycles. The Bertz CT molecular complexity index is 652. The Labute approximate surface area is 114 Å². The topological polar surface area (TPSA) is 76.9 Å². The predicted molar refractivity (Wildman–Crippen MR) is 70.2 cm³/mol. The fourth-order valence-corrected chi connectivity index (χ4v) is 1.51. The second-order valence-corrected chi connectivity index (χ2v) is 4.50. The maximum atomic E-state index is 13.1. The maximum absolute atomic E-state index is 13.1. The van der Waals surface area contributed by atoms with Crippen molar-refractivity contribution in [2.45, 2.75) is 13.8 Å². The highest BCUT2D eigenvalue weighted by molar-refractivity contribution is 5.96. The van der Waals surface area contributed by atoms with E-state index in [0.717, 1.165) is 6.20 Å². The van der Waals surface area contributed by atoms with Crippen molar-refractivity contribution < 1.29 is 14.0 Å². The van der Waals surface area contributed by atoms with Gasteiger partial charge in [0.25, 0.3) is 0 Å². The molecular weight excluding hydrogens is 263 g/mol. The zero-order valence-corrected chi connectivity index (χ0v) is 11.0. The summed E-state index contributed by atoms with van der Waals surface area (Å²) >= 11 is 0. The van der Waals surface area contributed by atoms with Crippen LogP contribution in [0.1, 0.15) is 24.3 Å². The van der Waals surface area contributed by atoms with Crippen LogP contribution >= 0.6 is 0 Å². The Morgan fingerprint density at radius 3 is 2.80 bits per heavy atom. The first-order valence-corrected chi connectivity index (χ1v) is 5.98. The lowest BCUT2D eigenvalue weighted by atomic mass is 10.2. The van der Waals surface area contributed by atoms with E-state index in [0.29, 0.717) is 12.0 Å². The average molecular weight is 276 g/mol. The summed E-state index contributed by atoms with van der Waals surface area (Å²) in [5.41, 5.74) is 0.712. The van der Waals surface area contributed by atoms with Crippen LogP contribution in [0.3, 0.4) is 0 Å². The highest BCUT2D eigenvalue weighted by Gasteiger charge is 2.14. The molecule has 0 aliphatic rings. The van der Waals surface area contributed by atoms with Crippen LogP contribution in [0.2, 0.25) is 0 Å². The van der Waals surface area contributed by atoms with Gasteiger partial charge in [-0.2, -0.15) is 5.10 Å². The lowest BCUT2D eigenvalue weighted by Gasteiger charge is -2.05. The van der Waals surface area contributed by atoms with Crippen molar-refractivity contribution >= 4 is 17.9 Å². The van der Waals surface area contributed by atoms with Gasteiger partial charge in [0.1, 0.15) is 11.5 Å². The molecule has 0 unspecified atom stereocenters. The highest BCUT2D eigenvalue weighted by Crippen LogP contribution is 2.17. The molecule has 1 amide bonds. The van der Waals surface area contributed by atoms with Crippen molar-refractivity contribution in [1.29, 1.82) is 0 Å². The molecule has 0 spiro atoms. The third-order valence-corrected chi connectivity index (χ3v) is 2.59. The molecule has 2 aromatic rings. The number of carbonyl (C=O) groups is 2. The van der Waals surface area contributed by atoms with Crippen molar-refractivity contribution in [1.82, 2.24) is 14.8 Å². The molecule has 2 aromatic heterocycles. The van der Waals surface area contributed by atoms with E-state index < -0.39 is 5.82 Å². The number of amides is 1. The number of halogens is 1. The largest absolute Gasteiger partial charge is 0.323 e. The minimum Gasteiger partial charge on any atom is -0.323 e. The maximum Gasteiger partial charge on any atom is 0.227 e. The van der Waals surface area contributed by atoms with E-state index in [2.05, 4.69) is 15.4 Å². The summed E-state index contributed by atoms with van der Waals surface area (Å²) in [7, 11) is 0. The molecule has 0 aromatic carbocycles. The smallest absolute Gasteiger partial charge is 0.227 e. The van der Waals surface area contributed by atoms with E-state index in [1.807, 2.05) is 0 Å². The minimum atomic E-state index is -0.515. The quantitative estimate of drug-likeness (QED) is 0.864. The zero-order chi connectivity index (χ0) is 14.7. The molecule has 0 atom stereocenters. The number of nitrogens with one attached hydrogen (secondary N) is 1. The second-order valence-electron chi connectivity index (χ2n) is 4.50. The number of pyridine rings is 1. The highest BCUT2D eigenvalue weighted by atomic mass is 19.1. The predicted octanol–water partition coefficient (Wildman–Crippen LogP) is 1.81. The molecule has 104 valence electrons. The standard InChI is InChI=1S/C13H13FN4O2/c1-8(2)13(20)16-11-6-18(17-12(11)7-19)10-3-9(14)4-15-5-10/h3-8H,1-2H3,(H,16,20). The van der Waals surface area contributed by atoms with Gasteiger partial charge in [0.2, 0.25) is 5.91 Å². The molecule has 0 fully saturated rings. The molecule has 7 heteroatoms. The summed E-state index contributed by atoms with van der Waals surface area (Å²) < 4.78 is 14.4. The molecule has 20 heavy (non-hydrogen) atoms. The monoisotopic (exact) mass is 276 g/mol. The van der Waals surface area contributed by atoms with Crippen molar-refractivity contribution in [3.8, 4) is 5.69 Å². The molecule has 0 aliphatic carbocycles. The molecule has 2 heterocycles. The number of hydrogen-bond donors (Lipinski definition) is 1. The second kappa shape index (κ2) is 5.60. The molecular formula is C13H13FN4O2. The van der Waals surface area contributed by atoms with Crippen molar-refractivity contribution in [2.24, 2.45) is 5.92 Å². The minimum absolute atomic E-state index is 0.0725. The zero-order valence-electron chi connectivity index (χ0n) is 11.0. The van der Waals surface area contributed by atoms with Crippen molar-refractivity contribution in [2.75, 3.05) is 5.32 Å². The van der Waals surface area contributed by atoms with Gasteiger partial charge >= 0.3 is 0 Å². The van der Waals surface area contributed by atoms with E-state index in [-0.39, 0.29) is 23.2 Å². The number of nitrogens with zero attached hydrogens (tertiary/aromatic N) is 3. The summed E-state index contributed by atoms with van der Waals surface area (Å²) in [6, 6.07) is 1.22. The van der Waals surface area contributed by atoms with Gasteiger partial charge < -0.3 is 5.32 Å². The lowest BCUT2D eigenvalue weighted by molar-refractivity contribution is -0.118. The summed E-state index contributed by atoms with van der Waals surface area (Å²) in [4.78, 5) is 26.3. The number of aromatic nitrogens is 3. The Balaban J connectivity index is 2.36. The number of aldehydes is 1. The first kappa shape index (κ1) is 13.9. The van der Waals surface area contributed by atoms with Crippen LogP contribution < -0.4 is 5.32 Å².